The fourth-order valence-corrected chi connectivity index (χ4v) is 4.96. The van der Waals surface area contributed by atoms with Crippen LogP contribution >= 0.6 is 19.2 Å². The second kappa shape index (κ2) is 14.1. The van der Waals surface area contributed by atoms with Gasteiger partial charge < -0.3 is 9.80 Å². The third-order valence-corrected chi connectivity index (χ3v) is 7.11. The van der Waals surface area contributed by atoms with Crippen molar-refractivity contribution in [3.05, 3.63) is 47.5 Å². The molecule has 6 heteroatoms. The molecule has 2 aromatic carbocycles. The van der Waals surface area contributed by atoms with Gasteiger partial charge in [0.2, 0.25) is 0 Å². The molecule has 0 radical (unpaired) electrons. The maximum atomic E-state index is 4.90. The van der Waals surface area contributed by atoms with E-state index in [-0.39, 0.29) is 12.4 Å². The van der Waals surface area contributed by atoms with Gasteiger partial charge in [0.05, 0.1) is 0 Å². The zero-order chi connectivity index (χ0) is 22.9. The van der Waals surface area contributed by atoms with Crippen molar-refractivity contribution in [1.82, 2.24) is 0 Å². The molecule has 0 aliphatic carbocycles. The third kappa shape index (κ3) is 7.79. The van der Waals surface area contributed by atoms with Crippen molar-refractivity contribution in [2.24, 2.45) is 0 Å². The summed E-state index contributed by atoms with van der Waals surface area (Å²) in [5, 5.41) is 0. The van der Waals surface area contributed by atoms with E-state index in [9.17, 15) is 0 Å². The molecule has 0 atom stereocenters. The predicted octanol–water partition coefficient (Wildman–Crippen LogP) is 7.77. The summed E-state index contributed by atoms with van der Waals surface area (Å²) in [4.78, 5) is 6.98. The molecule has 0 amide bonds. The Hall–Kier alpha value is -1.44. The first-order valence-corrected chi connectivity index (χ1v) is 13.9. The van der Waals surface area contributed by atoms with Crippen LogP contribution in [-0.4, -0.2) is 34.7 Å². The fourth-order valence-electron chi connectivity index (χ4n) is 4.44. The van der Waals surface area contributed by atoms with Crippen LogP contribution in [0.15, 0.2) is 36.4 Å². The van der Waals surface area contributed by atoms with Crippen molar-refractivity contribution in [1.29, 1.82) is 0 Å². The number of halogens is 1. The molecule has 1 aliphatic rings. The molecular formula is C27H39ClN3PS. The van der Waals surface area contributed by atoms with Gasteiger partial charge >= 0.3 is 98.4 Å². The van der Waals surface area contributed by atoms with Gasteiger partial charge in [0.1, 0.15) is 0 Å². The summed E-state index contributed by atoms with van der Waals surface area (Å²) in [5.74, 6) is 0. The average molecular weight is 504 g/mol. The molecule has 0 unspecified atom stereocenters. The first-order valence-electron chi connectivity index (χ1n) is 11.9. The summed E-state index contributed by atoms with van der Waals surface area (Å²) in [7, 11) is 8.50. The van der Waals surface area contributed by atoms with Gasteiger partial charge in [-0.1, -0.05) is 12.1 Å². The minimum Gasteiger partial charge on any atom is -0.378 e. The number of hydrogen-bond donors (Lipinski definition) is 0. The Morgan fingerprint density at radius 1 is 0.788 bits per heavy atom. The van der Waals surface area contributed by atoms with E-state index in [4.69, 9.17) is 11.8 Å². The van der Waals surface area contributed by atoms with Crippen molar-refractivity contribution in [2.75, 3.05) is 49.4 Å². The molecule has 0 N–H and O–H groups in total. The number of benzene rings is 2. The second-order valence-corrected chi connectivity index (χ2v) is 10.3. The van der Waals surface area contributed by atoms with Crippen LogP contribution in [0.5, 0.6) is 0 Å². The van der Waals surface area contributed by atoms with Crippen LogP contribution in [0.25, 0.3) is 0 Å². The Morgan fingerprint density at radius 2 is 1.27 bits per heavy atom. The van der Waals surface area contributed by atoms with Gasteiger partial charge in [-0.05, 0) is 35.4 Å². The number of hydrogen-bond acceptors (Lipinski definition) is 4. The minimum absolute atomic E-state index is 0. The number of anilines is 4. The Morgan fingerprint density at radius 3 is 1.76 bits per heavy atom. The number of nitrogens with zero attached hydrogens (tertiary/aromatic N) is 3. The quantitative estimate of drug-likeness (QED) is 0.229. The van der Waals surface area contributed by atoms with E-state index < -0.39 is 0 Å². The van der Waals surface area contributed by atoms with E-state index in [0.717, 1.165) is 26.2 Å². The van der Waals surface area contributed by atoms with Gasteiger partial charge in [-0.3, -0.25) is 0 Å². The molecule has 0 saturated carbocycles. The van der Waals surface area contributed by atoms with Crippen LogP contribution in [0.2, 0.25) is 0 Å². The van der Waals surface area contributed by atoms with E-state index in [1.165, 1.54) is 78.8 Å². The Labute approximate surface area is 213 Å². The van der Waals surface area contributed by atoms with Gasteiger partial charge in [-0.15, -0.1) is 12.4 Å². The normalized spacial score (nSPS) is 11.7. The second-order valence-electron chi connectivity index (χ2n) is 9.22. The van der Waals surface area contributed by atoms with Crippen molar-refractivity contribution in [2.45, 2.75) is 57.8 Å². The number of rotatable bonds is 11. The van der Waals surface area contributed by atoms with E-state index >= 15 is 0 Å². The molecule has 2 aromatic rings. The Bertz CT molecular complexity index is 946. The van der Waals surface area contributed by atoms with Gasteiger partial charge in [-0.25, -0.2) is 0 Å². The molecule has 33 heavy (non-hydrogen) atoms. The zero-order valence-corrected chi connectivity index (χ0v) is 23.2. The molecule has 0 bridgehead atoms. The van der Waals surface area contributed by atoms with Crippen molar-refractivity contribution in [3.63, 3.8) is 0 Å². The molecule has 0 spiro atoms. The molecule has 180 valence electrons. The summed E-state index contributed by atoms with van der Waals surface area (Å²) in [6.07, 6.45) is 11.2. The molecule has 3 rings (SSSR count). The molecule has 0 saturated heterocycles. The summed E-state index contributed by atoms with van der Waals surface area (Å²) < 4.78 is 0. The topological polar surface area (TPSA) is 9.72 Å². The third-order valence-electron chi connectivity index (χ3n) is 6.37. The Kier molecular flexibility index (Phi) is 11.9. The number of fused-ring (bicyclic) bond motifs is 2. The van der Waals surface area contributed by atoms with Crippen LogP contribution in [0.1, 0.15) is 62.5 Å². The van der Waals surface area contributed by atoms with Gasteiger partial charge in [0.15, 0.2) is 0 Å². The maximum absolute atomic E-state index is 4.90. The SMILES string of the molecule is CN(C)c1ccc2c(c1)N(CCCCCCCCCC#P=S)c1cc(N(C)C)ccc1C2.Cl. The van der Waals surface area contributed by atoms with Gasteiger partial charge in [-0.2, -0.15) is 0 Å². The molecule has 1 heterocycles. The standard InChI is InChI=1S/C27H38N3PS.ClH/c1-28(2)24-15-13-22-19-23-14-16-25(29(3)4)21-27(23)30(26(22)20-24)17-11-9-7-5-6-8-10-12-18-31-32;/h13-16,20-21H,5-12,17,19H2,1-4H3;1H. The van der Waals surface area contributed by atoms with E-state index in [1.807, 2.05) is 0 Å². The van der Waals surface area contributed by atoms with E-state index in [1.54, 1.807) is 0 Å². The van der Waals surface area contributed by atoms with Gasteiger partial charge in [0, 0.05) is 46.0 Å². The minimum atomic E-state index is 0. The number of unbranched alkanes of at least 4 members (excludes halogenated alkanes) is 7. The average Bonchev–Trinajstić information content (AvgIpc) is 2.78. The Balaban J connectivity index is 0.00000385. The summed E-state index contributed by atoms with van der Waals surface area (Å²) in [6, 6.07) is 13.9. The smallest absolute Gasteiger partial charge is 0.378 e. The van der Waals surface area contributed by atoms with Crippen molar-refractivity contribution in [3.8, 4) is 5.63 Å². The monoisotopic (exact) mass is 503 g/mol. The zero-order valence-electron chi connectivity index (χ0n) is 20.6. The van der Waals surface area contributed by atoms with E-state index in [2.05, 4.69) is 84.9 Å². The summed E-state index contributed by atoms with van der Waals surface area (Å²) in [6.45, 7) is 1.97. The van der Waals surface area contributed by atoms with Crippen LogP contribution < -0.4 is 14.7 Å². The van der Waals surface area contributed by atoms with Crippen LogP contribution in [0.3, 0.4) is 0 Å². The molecule has 0 aromatic heterocycles. The summed E-state index contributed by atoms with van der Waals surface area (Å²) >= 11 is 4.90. The summed E-state index contributed by atoms with van der Waals surface area (Å²) in [5.41, 5.74) is 11.4. The molecule has 0 fully saturated rings. The van der Waals surface area contributed by atoms with Crippen molar-refractivity contribution >= 4 is 53.8 Å². The molecular weight excluding hydrogens is 465 g/mol. The molecule has 1 aliphatic heterocycles. The predicted molar refractivity (Wildman–Crippen MR) is 154 cm³/mol. The molecule has 3 nitrogen and oxygen atoms in total. The van der Waals surface area contributed by atoms with Crippen LogP contribution in [0, 0.1) is 5.63 Å². The first kappa shape index (κ1) is 27.8. The van der Waals surface area contributed by atoms with Crippen molar-refractivity contribution < 1.29 is 0 Å². The fraction of sp³-hybridized carbons (Fsp3) is 0.519. The van der Waals surface area contributed by atoms with Crippen LogP contribution in [0.4, 0.5) is 22.7 Å². The van der Waals surface area contributed by atoms with Gasteiger partial charge in [0.25, 0.3) is 0 Å². The van der Waals surface area contributed by atoms with Crippen LogP contribution in [-0.2, 0) is 18.2 Å². The van der Waals surface area contributed by atoms with E-state index in [0.29, 0.717) is 0 Å². The first-order chi connectivity index (χ1) is 15.5.